The van der Waals surface area contributed by atoms with E-state index < -0.39 is 0 Å². The van der Waals surface area contributed by atoms with Gasteiger partial charge in [-0.1, -0.05) is 39.2 Å². The predicted molar refractivity (Wildman–Crippen MR) is 118 cm³/mol. The lowest BCUT2D eigenvalue weighted by Gasteiger charge is -2.39. The Bertz CT molecular complexity index is 601. The van der Waals surface area contributed by atoms with Crippen LogP contribution in [0.4, 0.5) is 0 Å². The molecule has 0 N–H and O–H groups in total. The monoisotopic (exact) mass is 386 g/mol. The van der Waals surface area contributed by atoms with Crippen LogP contribution in [-0.2, 0) is 11.2 Å². The second-order valence-electron chi connectivity index (χ2n) is 7.46. The zero-order chi connectivity index (χ0) is 20.8. The summed E-state index contributed by atoms with van der Waals surface area (Å²) in [4.78, 5) is 14.1. The van der Waals surface area contributed by atoms with Gasteiger partial charge in [0.15, 0.2) is 6.29 Å². The fourth-order valence-corrected chi connectivity index (χ4v) is 3.57. The Morgan fingerprint density at radius 2 is 1.82 bits per heavy atom. The number of hydrogen-bond acceptors (Lipinski definition) is 4. The summed E-state index contributed by atoms with van der Waals surface area (Å²) in [7, 11) is 4.02. The molecule has 1 atom stereocenters. The second-order valence-corrected chi connectivity index (χ2v) is 7.46. The highest BCUT2D eigenvalue weighted by Gasteiger charge is 2.27. The molecule has 0 bridgehead atoms. The standard InChI is InChI=1S/C17H26N2O.C4H10.C3H2O/c1-18-11-8-14-12-15(20-2)6-7-16(14)17(18)13-19-9-4-3-5-10-19;1-3-4-2;1-2-3-4/h6-7,12,17H,3-5,8-11,13H2,1-2H3;3-4H2,1-2H3;1,3H. The molecule has 2 aliphatic rings. The summed E-state index contributed by atoms with van der Waals surface area (Å²) in [5, 5.41) is 0. The molecule has 3 rings (SSSR count). The van der Waals surface area contributed by atoms with Crippen LogP contribution >= 0.6 is 0 Å². The number of likely N-dealkylation sites (tertiary alicyclic amines) is 1. The number of piperidine rings is 1. The maximum atomic E-state index is 8.94. The van der Waals surface area contributed by atoms with Crippen molar-refractivity contribution in [1.82, 2.24) is 9.80 Å². The summed E-state index contributed by atoms with van der Waals surface area (Å²) in [5.41, 5.74) is 2.98. The summed E-state index contributed by atoms with van der Waals surface area (Å²) in [6.07, 6.45) is 12.7. The molecule has 1 fully saturated rings. The van der Waals surface area contributed by atoms with Crippen LogP contribution in [-0.4, -0.2) is 56.4 Å². The van der Waals surface area contributed by atoms with E-state index in [9.17, 15) is 0 Å². The number of aldehydes is 1. The Morgan fingerprint density at radius 1 is 1.18 bits per heavy atom. The molecule has 2 aliphatic heterocycles. The third kappa shape index (κ3) is 8.04. The summed E-state index contributed by atoms with van der Waals surface area (Å²) in [6.45, 7) is 9.24. The molecule has 1 aromatic carbocycles. The maximum Gasteiger partial charge on any atom is 0.192 e. The van der Waals surface area contributed by atoms with E-state index in [2.05, 4.69) is 55.3 Å². The lowest BCUT2D eigenvalue weighted by atomic mass is 9.92. The molecule has 4 nitrogen and oxygen atoms in total. The fraction of sp³-hybridized carbons (Fsp3) is 0.625. The molecule has 0 spiro atoms. The number of likely N-dealkylation sites (N-methyl/N-ethyl adjacent to an activating group) is 1. The first-order chi connectivity index (χ1) is 13.6. The quantitative estimate of drug-likeness (QED) is 0.569. The third-order valence-electron chi connectivity index (χ3n) is 5.42. The van der Waals surface area contributed by atoms with Gasteiger partial charge in [0.05, 0.1) is 7.11 Å². The van der Waals surface area contributed by atoms with Crippen molar-refractivity contribution in [3.8, 4) is 18.1 Å². The van der Waals surface area contributed by atoms with Gasteiger partial charge < -0.3 is 9.64 Å². The van der Waals surface area contributed by atoms with Crippen LogP contribution in [0.25, 0.3) is 0 Å². The zero-order valence-electron chi connectivity index (χ0n) is 18.2. The van der Waals surface area contributed by atoms with Crippen molar-refractivity contribution in [2.24, 2.45) is 0 Å². The van der Waals surface area contributed by atoms with Crippen LogP contribution in [0.5, 0.6) is 5.75 Å². The number of terminal acetylenes is 1. The smallest absolute Gasteiger partial charge is 0.192 e. The van der Waals surface area contributed by atoms with Gasteiger partial charge in [-0.2, -0.15) is 0 Å². The Balaban J connectivity index is 0.000000420. The van der Waals surface area contributed by atoms with Gasteiger partial charge in [-0.25, -0.2) is 0 Å². The molecule has 4 heteroatoms. The number of carbonyl (C=O) groups excluding carboxylic acids is 1. The first kappa shape index (κ1) is 24.2. The highest BCUT2D eigenvalue weighted by atomic mass is 16.5. The largest absolute Gasteiger partial charge is 0.497 e. The molecule has 0 aromatic heterocycles. The first-order valence-corrected chi connectivity index (χ1v) is 10.6. The minimum atomic E-state index is 0.403. The van der Waals surface area contributed by atoms with E-state index in [4.69, 9.17) is 9.53 Å². The Morgan fingerprint density at radius 3 is 2.36 bits per heavy atom. The van der Waals surface area contributed by atoms with E-state index in [0.717, 1.165) is 18.7 Å². The number of fused-ring (bicyclic) bond motifs is 1. The van der Waals surface area contributed by atoms with E-state index >= 15 is 0 Å². The van der Waals surface area contributed by atoms with Crippen molar-refractivity contribution in [3.63, 3.8) is 0 Å². The molecule has 1 unspecified atom stereocenters. The number of rotatable bonds is 4. The molecule has 2 heterocycles. The van der Waals surface area contributed by atoms with Gasteiger partial charge in [0, 0.05) is 19.1 Å². The third-order valence-corrected chi connectivity index (χ3v) is 5.42. The number of unbranched alkanes of at least 4 members (excludes halogenated alkanes) is 1. The SMILES string of the molecule is C#CC=O.CCCC.COc1ccc2c(c1)CCN(C)C2CN1CCCCC1. The highest BCUT2D eigenvalue weighted by molar-refractivity contribution is 5.71. The van der Waals surface area contributed by atoms with Crippen LogP contribution in [0, 0.1) is 12.3 Å². The zero-order valence-corrected chi connectivity index (χ0v) is 18.2. The lowest BCUT2D eigenvalue weighted by Crippen LogP contribution is -2.41. The number of methoxy groups -OCH3 is 1. The van der Waals surface area contributed by atoms with Crippen LogP contribution < -0.4 is 4.74 Å². The Kier molecular flexibility index (Phi) is 12.3. The van der Waals surface area contributed by atoms with E-state index in [0.29, 0.717) is 12.3 Å². The molecule has 0 saturated carbocycles. The molecule has 0 aliphatic carbocycles. The van der Waals surface area contributed by atoms with Crippen molar-refractivity contribution in [3.05, 3.63) is 29.3 Å². The minimum Gasteiger partial charge on any atom is -0.497 e. The molecular formula is C24H38N2O2. The van der Waals surface area contributed by atoms with Crippen molar-refractivity contribution in [2.75, 3.05) is 40.3 Å². The van der Waals surface area contributed by atoms with Gasteiger partial charge in [-0.3, -0.25) is 9.69 Å². The molecule has 156 valence electrons. The van der Waals surface area contributed by atoms with Gasteiger partial charge in [0.25, 0.3) is 0 Å². The van der Waals surface area contributed by atoms with Gasteiger partial charge >= 0.3 is 0 Å². The number of benzene rings is 1. The van der Waals surface area contributed by atoms with Gasteiger partial charge in [0.2, 0.25) is 0 Å². The van der Waals surface area contributed by atoms with Crippen molar-refractivity contribution < 1.29 is 9.53 Å². The second kappa shape index (κ2) is 14.2. The van der Waals surface area contributed by atoms with Crippen LogP contribution in [0.3, 0.4) is 0 Å². The summed E-state index contributed by atoms with van der Waals surface area (Å²) >= 11 is 0. The number of ether oxygens (including phenoxy) is 1. The van der Waals surface area contributed by atoms with Crippen molar-refractivity contribution in [1.29, 1.82) is 0 Å². The number of hydrogen-bond donors (Lipinski definition) is 0. The van der Waals surface area contributed by atoms with Gasteiger partial charge in [0.1, 0.15) is 5.75 Å². The van der Waals surface area contributed by atoms with Crippen LogP contribution in [0.2, 0.25) is 0 Å². The average Bonchev–Trinajstić information content (AvgIpc) is 2.76. The maximum absolute atomic E-state index is 8.94. The van der Waals surface area contributed by atoms with Crippen LogP contribution in [0.1, 0.15) is 63.1 Å². The fourth-order valence-electron chi connectivity index (χ4n) is 3.57. The van der Waals surface area contributed by atoms with Crippen LogP contribution in [0.15, 0.2) is 18.2 Å². The first-order valence-electron chi connectivity index (χ1n) is 10.6. The van der Waals surface area contributed by atoms with E-state index in [1.165, 1.54) is 62.9 Å². The lowest BCUT2D eigenvalue weighted by molar-refractivity contribution is -0.103. The van der Waals surface area contributed by atoms with Crippen molar-refractivity contribution in [2.45, 2.75) is 58.4 Å². The van der Waals surface area contributed by atoms with E-state index in [-0.39, 0.29) is 0 Å². The van der Waals surface area contributed by atoms with E-state index in [1.807, 2.05) is 0 Å². The molecular weight excluding hydrogens is 348 g/mol. The number of nitrogens with zero attached hydrogens (tertiary/aromatic N) is 2. The normalized spacial score (nSPS) is 19.0. The Labute approximate surface area is 172 Å². The summed E-state index contributed by atoms with van der Waals surface area (Å²) in [6, 6.07) is 7.16. The minimum absolute atomic E-state index is 0.403. The molecule has 1 saturated heterocycles. The highest BCUT2D eigenvalue weighted by Crippen LogP contribution is 2.32. The molecule has 0 radical (unpaired) electrons. The molecule has 28 heavy (non-hydrogen) atoms. The molecule has 0 amide bonds. The van der Waals surface area contributed by atoms with E-state index in [1.54, 1.807) is 13.0 Å². The molecule has 1 aromatic rings. The Hall–Kier alpha value is -1.83. The summed E-state index contributed by atoms with van der Waals surface area (Å²) in [5.74, 6) is 2.74. The summed E-state index contributed by atoms with van der Waals surface area (Å²) < 4.78 is 5.37. The van der Waals surface area contributed by atoms with Gasteiger partial charge in [-0.15, -0.1) is 6.42 Å². The van der Waals surface area contributed by atoms with Crippen molar-refractivity contribution >= 4 is 6.29 Å². The average molecular weight is 387 g/mol. The number of carbonyl (C=O) groups is 1. The topological polar surface area (TPSA) is 32.8 Å². The predicted octanol–water partition coefficient (Wildman–Crippen LogP) is 4.34. The van der Waals surface area contributed by atoms with Gasteiger partial charge in [-0.05, 0) is 68.6 Å².